The molecule has 0 aromatic heterocycles. The number of rotatable bonds is 32. The van der Waals surface area contributed by atoms with Crippen LogP contribution < -0.4 is 0 Å². The third-order valence-corrected chi connectivity index (χ3v) is 7.81. The van der Waals surface area contributed by atoms with Crippen LogP contribution in [0.25, 0.3) is 0 Å². The van der Waals surface area contributed by atoms with E-state index in [0.29, 0.717) is 12.8 Å². The fraction of sp³-hybridized carbons (Fsp3) is 0.889. The monoisotopic (exact) mass is 581 g/mol. The van der Waals surface area contributed by atoms with Crippen molar-refractivity contribution in [2.45, 2.75) is 193 Å². The van der Waals surface area contributed by atoms with Crippen LogP contribution in [0.1, 0.15) is 187 Å². The van der Waals surface area contributed by atoms with Crippen LogP contribution in [0, 0.1) is 0 Å². The van der Waals surface area contributed by atoms with E-state index in [1.54, 1.807) is 0 Å². The molecule has 5 nitrogen and oxygen atoms in total. The molecule has 1 atom stereocenters. The second-order valence-electron chi connectivity index (χ2n) is 12.0. The van der Waals surface area contributed by atoms with Gasteiger partial charge in [-0.25, -0.2) is 0 Å². The summed E-state index contributed by atoms with van der Waals surface area (Å²) in [5, 5.41) is 9.46. The van der Waals surface area contributed by atoms with Gasteiger partial charge in [-0.1, -0.05) is 148 Å². The van der Waals surface area contributed by atoms with E-state index in [9.17, 15) is 14.7 Å². The molecule has 0 amide bonds. The number of hydrogen-bond acceptors (Lipinski definition) is 5. The summed E-state index contributed by atoms with van der Waals surface area (Å²) in [5.41, 5.74) is 0. The first-order valence-corrected chi connectivity index (χ1v) is 17.7. The number of esters is 2. The molecule has 41 heavy (non-hydrogen) atoms. The Balaban J connectivity index is 3.47. The minimum absolute atomic E-state index is 0.0630. The van der Waals surface area contributed by atoms with Gasteiger partial charge >= 0.3 is 11.9 Å². The molecule has 5 heteroatoms. The summed E-state index contributed by atoms with van der Waals surface area (Å²) in [6.07, 6.45) is 35.8. The van der Waals surface area contributed by atoms with Gasteiger partial charge in [-0.15, -0.1) is 0 Å². The summed E-state index contributed by atoms with van der Waals surface area (Å²) in [5.74, 6) is -0.598. The molecule has 0 saturated carbocycles. The van der Waals surface area contributed by atoms with Crippen molar-refractivity contribution in [3.8, 4) is 0 Å². The highest BCUT2D eigenvalue weighted by Crippen LogP contribution is 2.13. The minimum Gasteiger partial charge on any atom is -0.462 e. The lowest BCUT2D eigenvalue weighted by molar-refractivity contribution is -0.161. The largest absolute Gasteiger partial charge is 0.462 e. The Morgan fingerprint density at radius 2 is 0.902 bits per heavy atom. The maximum atomic E-state index is 12.1. The first kappa shape index (κ1) is 39.6. The molecular formula is C36H68O5. The zero-order valence-electron chi connectivity index (χ0n) is 27.3. The predicted molar refractivity (Wildman–Crippen MR) is 173 cm³/mol. The molecule has 0 saturated heterocycles. The van der Waals surface area contributed by atoms with Gasteiger partial charge < -0.3 is 14.6 Å². The SMILES string of the molecule is CCCCCCCCCC/C=C\CCCCCCCCCCCC(=O)OC(CO)COC(=O)CCCCCCCC. The van der Waals surface area contributed by atoms with Gasteiger partial charge in [0.2, 0.25) is 0 Å². The molecule has 0 heterocycles. The summed E-state index contributed by atoms with van der Waals surface area (Å²) in [6, 6.07) is 0. The van der Waals surface area contributed by atoms with Crippen LogP contribution >= 0.6 is 0 Å². The zero-order chi connectivity index (χ0) is 30.1. The number of allylic oxidation sites excluding steroid dienone is 2. The number of carbonyl (C=O) groups is 2. The second kappa shape index (κ2) is 33.1. The van der Waals surface area contributed by atoms with Crippen molar-refractivity contribution >= 4 is 11.9 Å². The third kappa shape index (κ3) is 31.4. The average molecular weight is 581 g/mol. The highest BCUT2D eigenvalue weighted by Gasteiger charge is 2.16. The van der Waals surface area contributed by atoms with Crippen LogP contribution in [0.4, 0.5) is 0 Å². The summed E-state index contributed by atoms with van der Waals surface area (Å²) in [6.45, 7) is 4.07. The molecule has 0 aliphatic rings. The van der Waals surface area contributed by atoms with E-state index in [1.165, 1.54) is 122 Å². The van der Waals surface area contributed by atoms with Crippen molar-refractivity contribution in [1.82, 2.24) is 0 Å². The van der Waals surface area contributed by atoms with E-state index < -0.39 is 6.10 Å². The first-order chi connectivity index (χ1) is 20.1. The van der Waals surface area contributed by atoms with Gasteiger partial charge in [0.25, 0.3) is 0 Å². The number of unbranched alkanes of at least 4 members (excludes halogenated alkanes) is 22. The van der Waals surface area contributed by atoms with Crippen LogP contribution in [0.3, 0.4) is 0 Å². The maximum absolute atomic E-state index is 12.1. The van der Waals surface area contributed by atoms with Gasteiger partial charge in [0.15, 0.2) is 6.10 Å². The van der Waals surface area contributed by atoms with E-state index in [1.807, 2.05) is 0 Å². The van der Waals surface area contributed by atoms with Crippen molar-refractivity contribution in [3.05, 3.63) is 12.2 Å². The van der Waals surface area contributed by atoms with Crippen LogP contribution in [0.15, 0.2) is 12.2 Å². The van der Waals surface area contributed by atoms with Crippen molar-refractivity contribution < 1.29 is 24.2 Å². The van der Waals surface area contributed by atoms with E-state index >= 15 is 0 Å². The Labute approximate surface area is 254 Å². The van der Waals surface area contributed by atoms with Crippen molar-refractivity contribution in [2.75, 3.05) is 13.2 Å². The lowest BCUT2D eigenvalue weighted by Gasteiger charge is -2.15. The summed E-state index contributed by atoms with van der Waals surface area (Å²) in [4.78, 5) is 23.9. The molecule has 0 aromatic carbocycles. The second-order valence-corrected chi connectivity index (χ2v) is 12.0. The van der Waals surface area contributed by atoms with Gasteiger partial charge in [0, 0.05) is 12.8 Å². The Bertz CT molecular complexity index is 589. The Kier molecular flexibility index (Phi) is 32.0. The van der Waals surface area contributed by atoms with Gasteiger partial charge in [0.1, 0.15) is 6.61 Å². The molecule has 0 spiro atoms. The molecule has 0 rings (SSSR count). The molecule has 0 aromatic rings. The smallest absolute Gasteiger partial charge is 0.306 e. The number of aliphatic hydroxyl groups excluding tert-OH is 1. The van der Waals surface area contributed by atoms with Gasteiger partial charge in [-0.3, -0.25) is 9.59 Å². The highest BCUT2D eigenvalue weighted by atomic mass is 16.6. The minimum atomic E-state index is -0.763. The topological polar surface area (TPSA) is 72.8 Å². The number of hydrogen-bond donors (Lipinski definition) is 1. The first-order valence-electron chi connectivity index (χ1n) is 17.7. The number of aliphatic hydroxyl groups is 1. The summed E-state index contributed by atoms with van der Waals surface area (Å²) < 4.78 is 10.5. The Hall–Kier alpha value is -1.36. The van der Waals surface area contributed by atoms with E-state index in [2.05, 4.69) is 26.0 Å². The van der Waals surface area contributed by atoms with E-state index in [0.717, 1.165) is 38.5 Å². The highest BCUT2D eigenvalue weighted by molar-refractivity contribution is 5.70. The summed E-state index contributed by atoms with van der Waals surface area (Å²) >= 11 is 0. The molecule has 1 N–H and O–H groups in total. The lowest BCUT2D eigenvalue weighted by Crippen LogP contribution is -2.28. The van der Waals surface area contributed by atoms with Crippen molar-refractivity contribution in [1.29, 1.82) is 0 Å². The van der Waals surface area contributed by atoms with Gasteiger partial charge in [-0.2, -0.15) is 0 Å². The van der Waals surface area contributed by atoms with Gasteiger partial charge in [-0.05, 0) is 38.5 Å². The van der Waals surface area contributed by atoms with E-state index in [4.69, 9.17) is 9.47 Å². The van der Waals surface area contributed by atoms with Crippen LogP contribution in [0.5, 0.6) is 0 Å². The van der Waals surface area contributed by atoms with E-state index in [-0.39, 0.29) is 25.2 Å². The third-order valence-electron chi connectivity index (χ3n) is 7.81. The fourth-order valence-electron chi connectivity index (χ4n) is 5.08. The molecule has 0 radical (unpaired) electrons. The number of carbonyl (C=O) groups excluding carboxylic acids is 2. The van der Waals surface area contributed by atoms with Gasteiger partial charge in [0.05, 0.1) is 6.61 Å². The molecule has 1 unspecified atom stereocenters. The lowest BCUT2D eigenvalue weighted by atomic mass is 10.1. The predicted octanol–water partition coefficient (Wildman–Crippen LogP) is 10.6. The molecule has 0 aliphatic carbocycles. The Morgan fingerprint density at radius 1 is 0.537 bits per heavy atom. The fourth-order valence-corrected chi connectivity index (χ4v) is 5.08. The molecule has 242 valence electrons. The Morgan fingerprint density at radius 3 is 1.32 bits per heavy atom. The average Bonchev–Trinajstić information content (AvgIpc) is 2.97. The molecular weight excluding hydrogens is 512 g/mol. The molecule has 0 aliphatic heterocycles. The quantitative estimate of drug-likeness (QED) is 0.0487. The van der Waals surface area contributed by atoms with Crippen LogP contribution in [-0.4, -0.2) is 36.4 Å². The van der Waals surface area contributed by atoms with Crippen molar-refractivity contribution in [2.24, 2.45) is 0 Å². The normalized spacial score (nSPS) is 12.2. The maximum Gasteiger partial charge on any atom is 0.306 e. The van der Waals surface area contributed by atoms with Crippen molar-refractivity contribution in [3.63, 3.8) is 0 Å². The zero-order valence-corrected chi connectivity index (χ0v) is 27.3. The molecule has 0 fully saturated rings. The molecule has 0 bridgehead atoms. The van der Waals surface area contributed by atoms with Crippen LogP contribution in [-0.2, 0) is 19.1 Å². The summed E-state index contributed by atoms with van der Waals surface area (Å²) in [7, 11) is 0. The van der Waals surface area contributed by atoms with Crippen LogP contribution in [0.2, 0.25) is 0 Å². The standard InChI is InChI=1S/C36H68O5/c1-3-5-7-9-11-12-13-14-15-16-17-18-19-20-21-22-23-24-25-27-29-31-36(39)41-34(32-37)33-40-35(38)30-28-26-10-8-6-4-2/h16-17,34,37H,3-15,18-33H2,1-2H3/b17-16-. The number of ether oxygens (including phenoxy) is 2.